The molecule has 2 aromatic rings. The van der Waals surface area contributed by atoms with Gasteiger partial charge in [0, 0.05) is 11.1 Å². The predicted molar refractivity (Wildman–Crippen MR) is 67.2 cm³/mol. The second-order valence-corrected chi connectivity index (χ2v) is 6.04. The monoisotopic (exact) mass is 285 g/mol. The molecule has 0 N–H and O–H groups in total. The SMILES string of the molecule is O=S(=O)(c1[c]cccc1)c1ccc(Cl)cc1Cl. The Morgan fingerprint density at radius 3 is 2.41 bits per heavy atom. The van der Waals surface area contributed by atoms with Gasteiger partial charge in [-0.15, -0.1) is 0 Å². The lowest BCUT2D eigenvalue weighted by molar-refractivity contribution is 0.596. The van der Waals surface area contributed by atoms with Crippen molar-refractivity contribution in [2.75, 3.05) is 0 Å². The Morgan fingerprint density at radius 1 is 1.06 bits per heavy atom. The van der Waals surface area contributed by atoms with Crippen LogP contribution in [0.1, 0.15) is 0 Å². The van der Waals surface area contributed by atoms with Gasteiger partial charge in [-0.25, -0.2) is 8.42 Å². The van der Waals surface area contributed by atoms with Crippen LogP contribution in [0.15, 0.2) is 52.3 Å². The first-order valence-electron chi connectivity index (χ1n) is 4.68. The molecule has 0 heterocycles. The first-order valence-corrected chi connectivity index (χ1v) is 6.92. The zero-order valence-corrected chi connectivity index (χ0v) is 10.9. The van der Waals surface area contributed by atoms with Crippen molar-refractivity contribution in [3.8, 4) is 0 Å². The predicted octanol–water partition coefficient (Wildman–Crippen LogP) is 3.63. The molecule has 0 amide bonds. The Labute approximate surface area is 110 Å². The molecular formula is C12H7Cl2O2S. The minimum Gasteiger partial charge on any atom is -0.218 e. The van der Waals surface area contributed by atoms with E-state index in [0.717, 1.165) is 0 Å². The molecule has 0 saturated heterocycles. The summed E-state index contributed by atoms with van der Waals surface area (Å²) in [5.74, 6) is 0. The van der Waals surface area contributed by atoms with Crippen molar-refractivity contribution >= 4 is 33.0 Å². The minimum absolute atomic E-state index is 0.0333. The maximum atomic E-state index is 12.2. The molecule has 0 bridgehead atoms. The summed E-state index contributed by atoms with van der Waals surface area (Å²) >= 11 is 11.6. The standard InChI is InChI=1S/C12H7Cl2O2S/c13-9-6-7-12(11(14)8-9)17(15,16)10-4-2-1-3-5-10/h1-4,6-8H. The Morgan fingerprint density at radius 2 is 1.82 bits per heavy atom. The molecule has 0 aliphatic carbocycles. The summed E-state index contributed by atoms with van der Waals surface area (Å²) in [6.07, 6.45) is 0. The molecule has 1 radical (unpaired) electrons. The van der Waals surface area contributed by atoms with Crippen molar-refractivity contribution in [2.45, 2.75) is 9.79 Å². The fourth-order valence-electron chi connectivity index (χ4n) is 1.36. The molecule has 17 heavy (non-hydrogen) atoms. The van der Waals surface area contributed by atoms with E-state index < -0.39 is 9.84 Å². The Kier molecular flexibility index (Phi) is 3.43. The van der Waals surface area contributed by atoms with Gasteiger partial charge in [-0.05, 0) is 24.3 Å². The number of hydrogen-bond acceptors (Lipinski definition) is 2. The molecule has 0 aliphatic heterocycles. The van der Waals surface area contributed by atoms with Gasteiger partial charge in [0.25, 0.3) is 0 Å². The molecule has 0 aromatic heterocycles. The summed E-state index contributed by atoms with van der Waals surface area (Å²) in [4.78, 5) is 0.121. The zero-order chi connectivity index (χ0) is 12.5. The second-order valence-electron chi connectivity index (χ2n) is 3.31. The van der Waals surface area contributed by atoms with Crippen LogP contribution in [0, 0.1) is 6.07 Å². The van der Waals surface area contributed by atoms with E-state index in [4.69, 9.17) is 23.2 Å². The van der Waals surface area contributed by atoms with Crippen LogP contribution in [0.4, 0.5) is 0 Å². The van der Waals surface area contributed by atoms with Crippen molar-refractivity contribution in [2.24, 2.45) is 0 Å². The number of rotatable bonds is 2. The number of hydrogen-bond donors (Lipinski definition) is 0. The lowest BCUT2D eigenvalue weighted by atomic mass is 10.4. The van der Waals surface area contributed by atoms with Gasteiger partial charge >= 0.3 is 0 Å². The summed E-state index contributed by atoms with van der Waals surface area (Å²) in [7, 11) is -3.63. The van der Waals surface area contributed by atoms with Crippen LogP contribution >= 0.6 is 23.2 Å². The van der Waals surface area contributed by atoms with Gasteiger partial charge in [-0.3, -0.25) is 0 Å². The quantitative estimate of drug-likeness (QED) is 0.844. The second kappa shape index (κ2) is 4.69. The summed E-state index contributed by atoms with van der Waals surface area (Å²) in [6.45, 7) is 0. The van der Waals surface area contributed by atoms with Gasteiger partial charge in [0.15, 0.2) is 0 Å². The number of halogens is 2. The largest absolute Gasteiger partial charge is 0.218 e. The number of sulfone groups is 1. The fourth-order valence-corrected chi connectivity index (χ4v) is 3.35. The van der Waals surface area contributed by atoms with Gasteiger partial charge in [0.05, 0.1) is 14.8 Å². The highest BCUT2D eigenvalue weighted by Gasteiger charge is 2.20. The molecule has 2 nitrogen and oxygen atoms in total. The van der Waals surface area contributed by atoms with Crippen molar-refractivity contribution in [3.05, 3.63) is 58.6 Å². The van der Waals surface area contributed by atoms with E-state index in [1.807, 2.05) is 0 Å². The summed E-state index contributed by atoms with van der Waals surface area (Å²) in [5.41, 5.74) is 0. The van der Waals surface area contributed by atoms with Crippen molar-refractivity contribution in [1.82, 2.24) is 0 Å². The first kappa shape index (κ1) is 12.4. The van der Waals surface area contributed by atoms with E-state index in [0.29, 0.717) is 5.02 Å². The molecule has 0 atom stereocenters. The van der Waals surface area contributed by atoms with Crippen LogP contribution in [0.3, 0.4) is 0 Å². The molecule has 0 fully saturated rings. The topological polar surface area (TPSA) is 34.1 Å². The summed E-state index contributed by atoms with van der Waals surface area (Å²) < 4.78 is 24.4. The Bertz CT molecular complexity index is 637. The third kappa shape index (κ3) is 2.46. The fraction of sp³-hybridized carbons (Fsp3) is 0. The summed E-state index contributed by atoms with van der Waals surface area (Å²) in [6, 6.07) is 13.3. The third-order valence-corrected chi connectivity index (χ3v) is 4.58. The van der Waals surface area contributed by atoms with Crippen LogP contribution in [-0.4, -0.2) is 8.42 Å². The van der Waals surface area contributed by atoms with E-state index in [-0.39, 0.29) is 14.8 Å². The van der Waals surface area contributed by atoms with Crippen LogP contribution in [0.5, 0.6) is 0 Å². The van der Waals surface area contributed by atoms with Gasteiger partial charge in [0.2, 0.25) is 9.84 Å². The smallest absolute Gasteiger partial charge is 0.208 e. The van der Waals surface area contributed by atoms with Gasteiger partial charge in [0.1, 0.15) is 0 Å². The van der Waals surface area contributed by atoms with E-state index in [1.165, 1.54) is 30.3 Å². The lowest BCUT2D eigenvalue weighted by Gasteiger charge is -2.06. The molecule has 0 aliphatic rings. The van der Waals surface area contributed by atoms with Gasteiger partial charge in [-0.1, -0.05) is 41.4 Å². The molecule has 0 saturated carbocycles. The highest BCUT2D eigenvalue weighted by molar-refractivity contribution is 7.91. The maximum Gasteiger partial charge on any atom is 0.208 e. The molecule has 2 aromatic carbocycles. The lowest BCUT2D eigenvalue weighted by Crippen LogP contribution is -2.02. The molecule has 5 heteroatoms. The Hall–Kier alpha value is -1.03. The third-order valence-electron chi connectivity index (χ3n) is 2.15. The van der Waals surface area contributed by atoms with Crippen LogP contribution < -0.4 is 0 Å². The zero-order valence-electron chi connectivity index (χ0n) is 8.52. The molecule has 0 spiro atoms. The number of benzene rings is 2. The summed E-state index contributed by atoms with van der Waals surface area (Å²) in [5, 5.41) is 0.501. The first-order chi connectivity index (χ1) is 8.01. The normalized spacial score (nSPS) is 11.4. The highest BCUT2D eigenvalue weighted by Crippen LogP contribution is 2.29. The van der Waals surface area contributed by atoms with E-state index >= 15 is 0 Å². The highest BCUT2D eigenvalue weighted by atomic mass is 35.5. The molecule has 0 unspecified atom stereocenters. The molecule has 2 rings (SSSR count). The van der Waals surface area contributed by atoms with E-state index in [1.54, 1.807) is 12.1 Å². The van der Waals surface area contributed by atoms with Crippen molar-refractivity contribution in [3.63, 3.8) is 0 Å². The van der Waals surface area contributed by atoms with Crippen molar-refractivity contribution in [1.29, 1.82) is 0 Å². The van der Waals surface area contributed by atoms with E-state index in [2.05, 4.69) is 6.07 Å². The molecule has 87 valence electrons. The molecular weight excluding hydrogens is 279 g/mol. The van der Waals surface area contributed by atoms with Gasteiger partial charge in [-0.2, -0.15) is 0 Å². The van der Waals surface area contributed by atoms with Gasteiger partial charge < -0.3 is 0 Å². The van der Waals surface area contributed by atoms with Crippen LogP contribution in [0.25, 0.3) is 0 Å². The Balaban J connectivity index is 2.61. The van der Waals surface area contributed by atoms with Crippen LogP contribution in [0.2, 0.25) is 10.0 Å². The maximum absolute atomic E-state index is 12.2. The van der Waals surface area contributed by atoms with Crippen LogP contribution in [-0.2, 0) is 9.84 Å². The minimum atomic E-state index is -3.63. The average molecular weight is 286 g/mol. The average Bonchev–Trinajstić information content (AvgIpc) is 2.29. The van der Waals surface area contributed by atoms with Crippen molar-refractivity contribution < 1.29 is 8.42 Å². The van der Waals surface area contributed by atoms with E-state index in [9.17, 15) is 8.42 Å².